The molecule has 71 heavy (non-hydrogen) atoms. The molecule has 0 saturated heterocycles. The van der Waals surface area contributed by atoms with Crippen LogP contribution in [0.1, 0.15) is 99.0 Å². The van der Waals surface area contributed by atoms with Crippen LogP contribution in [0, 0.1) is 68.2 Å². The Hall–Kier alpha value is -7.22. The lowest BCUT2D eigenvalue weighted by Crippen LogP contribution is -2.20. The van der Waals surface area contributed by atoms with E-state index < -0.39 is 10.0 Å². The van der Waals surface area contributed by atoms with E-state index >= 15 is 0 Å². The molecule has 2 N–H and O–H groups in total. The summed E-state index contributed by atoms with van der Waals surface area (Å²) in [7, 11) is -3.87. The molecular formula is C64H69N4O2S+. The van der Waals surface area contributed by atoms with Crippen LogP contribution in [0.2, 0.25) is 0 Å². The minimum atomic E-state index is -3.87. The molecule has 0 aliphatic heterocycles. The summed E-state index contributed by atoms with van der Waals surface area (Å²) in [6.45, 7) is 29.3. The molecule has 8 rings (SSSR count). The number of benzene rings is 8. The summed E-state index contributed by atoms with van der Waals surface area (Å²) in [5, 5.41) is 5.95. The van der Waals surface area contributed by atoms with E-state index in [2.05, 4.69) is 198 Å². The highest BCUT2D eigenvalue weighted by molar-refractivity contribution is 7.92. The van der Waals surface area contributed by atoms with Crippen molar-refractivity contribution in [3.8, 4) is 0 Å². The van der Waals surface area contributed by atoms with E-state index in [0.717, 1.165) is 92.9 Å². The van der Waals surface area contributed by atoms with E-state index in [1.54, 1.807) is 30.3 Å². The summed E-state index contributed by atoms with van der Waals surface area (Å²) in [4.78, 5) is 5.14. The van der Waals surface area contributed by atoms with E-state index in [4.69, 9.17) is 0 Å². The van der Waals surface area contributed by atoms with Gasteiger partial charge in [-0.1, -0.05) is 92.2 Å². The molecule has 0 heterocycles. The lowest BCUT2D eigenvalue weighted by Gasteiger charge is -2.29. The predicted octanol–water partition coefficient (Wildman–Crippen LogP) is 16.9. The molecule has 0 saturated carbocycles. The van der Waals surface area contributed by atoms with Crippen molar-refractivity contribution in [1.29, 1.82) is 0 Å². The Bertz CT molecular complexity index is 3200. The average molecular weight is 958 g/mol. The molecule has 7 heteroatoms. The summed E-state index contributed by atoms with van der Waals surface area (Å²) in [6, 6.07) is 49.2. The van der Waals surface area contributed by atoms with Crippen molar-refractivity contribution < 1.29 is 8.42 Å². The molecule has 0 amide bonds. The van der Waals surface area contributed by atoms with E-state index in [0.29, 0.717) is 5.69 Å². The maximum Gasteiger partial charge on any atom is 0.261 e. The van der Waals surface area contributed by atoms with Gasteiger partial charge in [0.15, 0.2) is 0 Å². The Labute approximate surface area is 424 Å². The van der Waals surface area contributed by atoms with Crippen LogP contribution in [0.3, 0.4) is 0 Å². The van der Waals surface area contributed by atoms with E-state index in [1.807, 2.05) is 19.9 Å². The number of hydrogen-bond acceptors (Lipinski definition) is 5. The summed E-state index contributed by atoms with van der Waals surface area (Å²) in [6.07, 6.45) is 3.74. The number of aryl methyl sites for hydroxylation is 8. The summed E-state index contributed by atoms with van der Waals surface area (Å²) in [5.41, 5.74) is 21.8. The van der Waals surface area contributed by atoms with E-state index in [9.17, 15) is 8.42 Å². The standard InChI is InChI=1S/C64H69N4O2S/c1-13-34-67(63-45(8)36-41(4)37-46(63)9)53-26-22-51(23-27-53)60(52-24-28-54(29-25-52)68(35-14-2)64-47(10)38-42(5)39-48(64)11)58-32-33-59(57-19-17-16-18-56(57)58)65-61-43(6)40-44(7)62(49(61)12)66-71(69,70)55-30-20-50(15-3)21-31-55/h15-33,36-40,65-66H,3,13-14,34-35H2,1-2,4-12H3/q+1. The first kappa shape index (κ1) is 50.2. The van der Waals surface area contributed by atoms with Gasteiger partial charge in [0.2, 0.25) is 0 Å². The number of sulfonamides is 1. The fourth-order valence-electron chi connectivity index (χ4n) is 10.7. The van der Waals surface area contributed by atoms with Gasteiger partial charge < -0.3 is 15.1 Å². The molecular weight excluding hydrogens is 889 g/mol. The van der Waals surface area contributed by atoms with Gasteiger partial charge in [0, 0.05) is 40.9 Å². The zero-order valence-electron chi connectivity index (χ0n) is 43.5. The molecule has 8 aromatic carbocycles. The number of nitrogens with zero attached hydrogens (tertiary/aromatic N) is 2. The number of nitrogens with one attached hydrogen (secondary N) is 2. The van der Waals surface area contributed by atoms with Gasteiger partial charge in [-0.2, -0.15) is 0 Å². The molecule has 0 atom stereocenters. The average Bonchev–Trinajstić information content (AvgIpc) is 3.34. The first-order valence-electron chi connectivity index (χ1n) is 25.0. The number of anilines is 7. The van der Waals surface area contributed by atoms with Gasteiger partial charge in [-0.05, 0) is 205 Å². The first-order valence-corrected chi connectivity index (χ1v) is 26.5. The van der Waals surface area contributed by atoms with E-state index in [1.165, 1.54) is 56.1 Å². The zero-order chi connectivity index (χ0) is 50.7. The Morgan fingerprint density at radius 2 is 1.00 bits per heavy atom. The lowest BCUT2D eigenvalue weighted by atomic mass is 9.82. The number of fused-ring (bicyclic) bond motifs is 1. The normalized spacial score (nSPS) is 11.4. The van der Waals surface area contributed by atoms with Crippen LogP contribution in [0.15, 0.2) is 151 Å². The Morgan fingerprint density at radius 1 is 0.535 bits per heavy atom. The fourth-order valence-corrected chi connectivity index (χ4v) is 11.9. The fraction of sp³-hybridized carbons (Fsp3) is 0.234. The second-order valence-corrected chi connectivity index (χ2v) is 21.0. The van der Waals surface area contributed by atoms with Gasteiger partial charge in [-0.25, -0.2) is 8.42 Å². The van der Waals surface area contributed by atoms with Gasteiger partial charge in [-0.3, -0.25) is 4.72 Å². The molecule has 0 aromatic heterocycles. The van der Waals surface area contributed by atoms with Crippen LogP contribution in [0.4, 0.5) is 39.8 Å². The van der Waals surface area contributed by atoms with Crippen molar-refractivity contribution in [3.05, 3.63) is 224 Å². The van der Waals surface area contributed by atoms with Crippen LogP contribution in [-0.2, 0) is 10.0 Å². The maximum absolute atomic E-state index is 13.8. The minimum absolute atomic E-state index is 0.194. The molecule has 362 valence electrons. The molecule has 6 nitrogen and oxygen atoms in total. The van der Waals surface area contributed by atoms with Gasteiger partial charge in [0.05, 0.1) is 50.3 Å². The van der Waals surface area contributed by atoms with Crippen molar-refractivity contribution in [2.75, 3.05) is 32.9 Å². The third-order valence-electron chi connectivity index (χ3n) is 13.7. The smallest absolute Gasteiger partial charge is 0.261 e. The van der Waals surface area contributed by atoms with Crippen LogP contribution >= 0.6 is 0 Å². The molecule has 0 aliphatic rings. The highest BCUT2D eigenvalue weighted by atomic mass is 32.2. The summed E-state index contributed by atoms with van der Waals surface area (Å²) in [5.74, 6) is 1.14. The van der Waals surface area contributed by atoms with Crippen molar-refractivity contribution >= 4 is 66.7 Å². The largest absolute Gasteiger partial charge is 0.354 e. The zero-order valence-corrected chi connectivity index (χ0v) is 44.3. The van der Waals surface area contributed by atoms with Crippen LogP contribution in [0.5, 0.6) is 0 Å². The summed E-state index contributed by atoms with van der Waals surface area (Å²) < 4.78 is 30.5. The Kier molecular flexibility index (Phi) is 14.9. The highest BCUT2D eigenvalue weighted by Gasteiger charge is 2.28. The minimum Gasteiger partial charge on any atom is -0.354 e. The highest BCUT2D eigenvalue weighted by Crippen LogP contribution is 2.43. The predicted molar refractivity (Wildman–Crippen MR) is 305 cm³/mol. The second-order valence-electron chi connectivity index (χ2n) is 19.4. The third kappa shape index (κ3) is 10.3. The molecule has 0 bridgehead atoms. The van der Waals surface area contributed by atoms with Gasteiger partial charge in [0.25, 0.3) is 10.0 Å². The second kappa shape index (κ2) is 21.0. The van der Waals surface area contributed by atoms with Crippen LogP contribution in [-0.4, -0.2) is 21.5 Å². The molecule has 0 fully saturated rings. The van der Waals surface area contributed by atoms with Crippen LogP contribution in [0.25, 0.3) is 16.8 Å². The monoisotopic (exact) mass is 958 g/mol. The quantitative estimate of drug-likeness (QED) is 0.0703. The maximum atomic E-state index is 13.8. The van der Waals surface area contributed by atoms with Gasteiger partial charge >= 0.3 is 0 Å². The molecule has 0 aliphatic carbocycles. The molecule has 0 spiro atoms. The molecule has 0 unspecified atom stereocenters. The van der Waals surface area contributed by atoms with Gasteiger partial charge in [0.1, 0.15) is 0 Å². The van der Waals surface area contributed by atoms with Gasteiger partial charge in [-0.15, -0.1) is 0 Å². The van der Waals surface area contributed by atoms with Crippen molar-refractivity contribution in [2.24, 2.45) is 0 Å². The lowest BCUT2D eigenvalue weighted by molar-refractivity contribution is 0.601. The SMILES string of the molecule is C=Cc1ccc(S(=O)(=O)Nc2c(C)cc(C)c(Nc3ccc([C+](c4ccc(N(CCC)c5c(C)cc(C)cc5C)cc4)c4ccc(N(CCC)c5c(C)cc(C)cc5C)cc4)c4ccccc34)c2C)cc1. The summed E-state index contributed by atoms with van der Waals surface area (Å²) >= 11 is 0. The topological polar surface area (TPSA) is 64.7 Å². The number of hydrogen-bond donors (Lipinski definition) is 2. The molecule has 0 radical (unpaired) electrons. The van der Waals surface area contributed by atoms with Crippen LogP contribution < -0.4 is 19.8 Å². The van der Waals surface area contributed by atoms with Crippen molar-refractivity contribution in [3.63, 3.8) is 0 Å². The Balaban J connectivity index is 1.23. The van der Waals surface area contributed by atoms with E-state index in [-0.39, 0.29) is 4.90 Å². The third-order valence-corrected chi connectivity index (χ3v) is 15.1. The van der Waals surface area contributed by atoms with Crippen molar-refractivity contribution in [1.82, 2.24) is 0 Å². The first-order chi connectivity index (χ1) is 34.0. The number of rotatable bonds is 17. The Morgan fingerprint density at radius 3 is 1.46 bits per heavy atom. The molecule has 8 aromatic rings. The van der Waals surface area contributed by atoms with Crippen molar-refractivity contribution in [2.45, 2.75) is 93.9 Å².